The van der Waals surface area contributed by atoms with E-state index in [1.165, 1.54) is 0 Å². The highest BCUT2D eigenvalue weighted by Crippen LogP contribution is 2.23. The maximum atomic E-state index is 5.30. The summed E-state index contributed by atoms with van der Waals surface area (Å²) in [6.45, 7) is 3.97. The van der Waals surface area contributed by atoms with Gasteiger partial charge >= 0.3 is 0 Å². The average molecular weight is 237 g/mol. The number of benzene rings is 1. The summed E-state index contributed by atoms with van der Waals surface area (Å²) < 4.78 is 6.30. The molecule has 1 rings (SSSR count). The zero-order valence-corrected chi connectivity index (χ0v) is 8.67. The largest absolute Gasteiger partial charge is 0.480 e. The van der Waals surface area contributed by atoms with Crippen molar-refractivity contribution in [2.45, 2.75) is 0 Å². The Hall–Kier alpha value is -1.20. The Morgan fingerprint density at radius 2 is 2.38 bits per heavy atom. The third-order valence-electron chi connectivity index (χ3n) is 1.50. The van der Waals surface area contributed by atoms with Crippen LogP contribution in [0.15, 0.2) is 29.3 Å². The molecule has 0 aliphatic carbocycles. The van der Waals surface area contributed by atoms with Gasteiger partial charge in [0.05, 0.1) is 0 Å². The van der Waals surface area contributed by atoms with Crippen LogP contribution in [-0.4, -0.2) is 6.61 Å². The lowest BCUT2D eigenvalue weighted by Gasteiger charge is -2.06. The van der Waals surface area contributed by atoms with E-state index in [9.17, 15) is 0 Å². The van der Waals surface area contributed by atoms with Gasteiger partial charge in [-0.15, -0.1) is 6.42 Å². The molecule has 1 aromatic rings. The molecule has 0 fully saturated rings. The first-order valence-corrected chi connectivity index (χ1v) is 4.55. The van der Waals surface area contributed by atoms with Crippen molar-refractivity contribution < 1.29 is 4.74 Å². The molecule has 0 aliphatic rings. The fourth-order valence-corrected chi connectivity index (χ4v) is 1.31. The molecule has 0 saturated heterocycles. The second kappa shape index (κ2) is 4.74. The van der Waals surface area contributed by atoms with Crippen LogP contribution in [0.3, 0.4) is 0 Å². The molecule has 0 aliphatic heterocycles. The molecular formula is C11H9BrO. The van der Waals surface area contributed by atoms with Crippen LogP contribution in [0.2, 0.25) is 0 Å². The molecule has 2 heteroatoms. The zero-order chi connectivity index (χ0) is 9.68. The minimum atomic E-state index is 0.280. The number of terminal acetylenes is 1. The molecule has 66 valence electrons. The maximum absolute atomic E-state index is 5.30. The molecule has 0 saturated carbocycles. The zero-order valence-electron chi connectivity index (χ0n) is 7.09. The van der Waals surface area contributed by atoms with Gasteiger partial charge in [-0.3, -0.25) is 0 Å². The molecule has 1 nitrogen and oxygen atoms in total. The molecule has 13 heavy (non-hydrogen) atoms. The Kier molecular flexibility index (Phi) is 3.60. The van der Waals surface area contributed by atoms with E-state index in [0.717, 1.165) is 15.8 Å². The minimum Gasteiger partial charge on any atom is -0.480 e. The lowest BCUT2D eigenvalue weighted by atomic mass is 10.2. The summed E-state index contributed by atoms with van der Waals surface area (Å²) in [7, 11) is 0. The van der Waals surface area contributed by atoms with Gasteiger partial charge in [0.2, 0.25) is 0 Å². The summed E-state index contributed by atoms with van der Waals surface area (Å²) in [4.78, 5) is 0. The number of hydrogen-bond donors (Lipinski definition) is 0. The minimum absolute atomic E-state index is 0.280. The van der Waals surface area contributed by atoms with Gasteiger partial charge in [0.1, 0.15) is 12.4 Å². The Morgan fingerprint density at radius 1 is 1.62 bits per heavy atom. The summed E-state index contributed by atoms with van der Waals surface area (Å²) in [6, 6.07) is 5.69. The first-order valence-electron chi connectivity index (χ1n) is 3.76. The SMILES string of the molecule is C#CCOc1ccc(Br)cc1C=C. The van der Waals surface area contributed by atoms with Crippen LogP contribution >= 0.6 is 15.9 Å². The molecule has 1 aromatic carbocycles. The van der Waals surface area contributed by atoms with Gasteiger partial charge in [0.25, 0.3) is 0 Å². The molecular weight excluding hydrogens is 228 g/mol. The van der Waals surface area contributed by atoms with Crippen LogP contribution in [0.1, 0.15) is 5.56 Å². The average Bonchev–Trinajstić information content (AvgIpc) is 2.16. The van der Waals surface area contributed by atoms with E-state index < -0.39 is 0 Å². The Bertz CT molecular complexity index is 350. The summed E-state index contributed by atoms with van der Waals surface area (Å²) in [5.74, 6) is 3.17. The van der Waals surface area contributed by atoms with Crippen LogP contribution < -0.4 is 4.74 Å². The van der Waals surface area contributed by atoms with Crippen molar-refractivity contribution in [1.82, 2.24) is 0 Å². The van der Waals surface area contributed by atoms with E-state index in [1.807, 2.05) is 18.2 Å². The monoisotopic (exact) mass is 236 g/mol. The van der Waals surface area contributed by atoms with Crippen LogP contribution in [-0.2, 0) is 0 Å². The smallest absolute Gasteiger partial charge is 0.148 e. The van der Waals surface area contributed by atoms with Gasteiger partial charge in [-0.1, -0.05) is 34.5 Å². The van der Waals surface area contributed by atoms with Gasteiger partial charge < -0.3 is 4.74 Å². The molecule has 0 N–H and O–H groups in total. The molecule has 0 unspecified atom stereocenters. The summed E-state index contributed by atoms with van der Waals surface area (Å²) >= 11 is 3.36. The third kappa shape index (κ3) is 2.64. The van der Waals surface area contributed by atoms with Gasteiger partial charge in [-0.25, -0.2) is 0 Å². The second-order valence-electron chi connectivity index (χ2n) is 2.38. The molecule has 0 amide bonds. The fraction of sp³-hybridized carbons (Fsp3) is 0.0909. The molecule has 0 radical (unpaired) electrons. The van der Waals surface area contributed by atoms with Gasteiger partial charge in [-0.05, 0) is 18.2 Å². The predicted octanol–water partition coefficient (Wildman–Crippen LogP) is 3.10. The number of ether oxygens (including phenoxy) is 1. The maximum Gasteiger partial charge on any atom is 0.148 e. The first kappa shape index (κ1) is 9.88. The van der Waals surface area contributed by atoms with Crippen molar-refractivity contribution in [1.29, 1.82) is 0 Å². The normalized spacial score (nSPS) is 8.92. The Balaban J connectivity index is 2.93. The predicted molar refractivity (Wildman–Crippen MR) is 58.6 cm³/mol. The fourth-order valence-electron chi connectivity index (χ4n) is 0.930. The van der Waals surface area contributed by atoms with Crippen molar-refractivity contribution in [3.05, 3.63) is 34.8 Å². The van der Waals surface area contributed by atoms with Crippen molar-refractivity contribution >= 4 is 22.0 Å². The molecule has 0 heterocycles. The van der Waals surface area contributed by atoms with Crippen molar-refractivity contribution in [3.63, 3.8) is 0 Å². The van der Waals surface area contributed by atoms with Crippen LogP contribution in [0.25, 0.3) is 6.08 Å². The highest BCUT2D eigenvalue weighted by Gasteiger charge is 1.99. The van der Waals surface area contributed by atoms with Crippen molar-refractivity contribution in [3.8, 4) is 18.1 Å². The van der Waals surface area contributed by atoms with E-state index in [4.69, 9.17) is 11.2 Å². The van der Waals surface area contributed by atoms with Gasteiger partial charge in [-0.2, -0.15) is 0 Å². The Morgan fingerprint density at radius 3 is 3.00 bits per heavy atom. The lowest BCUT2D eigenvalue weighted by Crippen LogP contribution is -1.95. The van der Waals surface area contributed by atoms with Crippen LogP contribution in [0, 0.1) is 12.3 Å². The molecule has 0 spiro atoms. The van der Waals surface area contributed by atoms with Gasteiger partial charge in [0, 0.05) is 10.0 Å². The van der Waals surface area contributed by atoms with Crippen molar-refractivity contribution in [2.24, 2.45) is 0 Å². The van der Waals surface area contributed by atoms with E-state index in [2.05, 4.69) is 28.4 Å². The first-order chi connectivity index (χ1) is 6.27. The highest BCUT2D eigenvalue weighted by atomic mass is 79.9. The van der Waals surface area contributed by atoms with Crippen LogP contribution in [0.5, 0.6) is 5.75 Å². The molecule has 0 bridgehead atoms. The summed E-state index contributed by atoms with van der Waals surface area (Å²) in [6.07, 6.45) is 6.82. The quantitative estimate of drug-likeness (QED) is 0.734. The van der Waals surface area contributed by atoms with Crippen molar-refractivity contribution in [2.75, 3.05) is 6.61 Å². The number of hydrogen-bond acceptors (Lipinski definition) is 1. The summed E-state index contributed by atoms with van der Waals surface area (Å²) in [5.41, 5.74) is 0.935. The second-order valence-corrected chi connectivity index (χ2v) is 3.29. The standard InChI is InChI=1S/C11H9BrO/c1-3-7-13-11-6-5-10(12)8-9(11)4-2/h1,4-6,8H,2,7H2. The molecule has 0 aromatic heterocycles. The number of rotatable bonds is 3. The summed E-state index contributed by atoms with van der Waals surface area (Å²) in [5, 5.41) is 0. The third-order valence-corrected chi connectivity index (χ3v) is 2.00. The lowest BCUT2D eigenvalue weighted by molar-refractivity contribution is 0.369. The topological polar surface area (TPSA) is 9.23 Å². The van der Waals surface area contributed by atoms with E-state index in [1.54, 1.807) is 6.08 Å². The Labute approximate surface area is 86.5 Å². The van der Waals surface area contributed by atoms with E-state index in [-0.39, 0.29) is 6.61 Å². The van der Waals surface area contributed by atoms with E-state index in [0.29, 0.717) is 0 Å². The number of halogens is 1. The molecule has 0 atom stereocenters. The highest BCUT2D eigenvalue weighted by molar-refractivity contribution is 9.10. The van der Waals surface area contributed by atoms with Gasteiger partial charge in [0.15, 0.2) is 0 Å². The van der Waals surface area contributed by atoms with E-state index >= 15 is 0 Å². The van der Waals surface area contributed by atoms with Crippen LogP contribution in [0.4, 0.5) is 0 Å².